The summed E-state index contributed by atoms with van der Waals surface area (Å²) in [6.07, 6.45) is 0. The highest BCUT2D eigenvalue weighted by atomic mass is 32.1. The van der Waals surface area contributed by atoms with Crippen LogP contribution in [0.5, 0.6) is 0 Å². The van der Waals surface area contributed by atoms with E-state index in [4.69, 9.17) is 0 Å². The Morgan fingerprint density at radius 2 is 2.25 bits per heavy atom. The van der Waals surface area contributed by atoms with Crippen molar-refractivity contribution in [3.8, 4) is 0 Å². The molecule has 1 aliphatic rings. The van der Waals surface area contributed by atoms with Crippen LogP contribution in [0.1, 0.15) is 16.6 Å². The average molecular weight is 238 g/mol. The molecule has 2 atom stereocenters. The molecule has 1 aromatic rings. The second-order valence-corrected chi connectivity index (χ2v) is 5.64. The quantitative estimate of drug-likeness (QED) is 0.784. The number of hydrogen-bond donors (Lipinski definition) is 0. The first-order chi connectivity index (χ1) is 7.59. The summed E-state index contributed by atoms with van der Waals surface area (Å²) in [7, 11) is 4.17. The molecule has 4 heteroatoms. The van der Waals surface area contributed by atoms with Crippen LogP contribution in [-0.4, -0.2) is 48.9 Å². The fourth-order valence-corrected chi connectivity index (χ4v) is 3.03. The van der Waals surface area contributed by atoms with Crippen LogP contribution >= 0.6 is 11.3 Å². The number of nitrogens with zero attached hydrogens (tertiary/aromatic N) is 2. The predicted octanol–water partition coefficient (Wildman–Crippen LogP) is 1.77. The van der Waals surface area contributed by atoms with Crippen LogP contribution in [0, 0.1) is 5.92 Å². The van der Waals surface area contributed by atoms with Crippen molar-refractivity contribution < 1.29 is 4.79 Å². The SMILES string of the molecule is CC1CN(C(=O)c2cccs2)CC1N(C)C. The van der Waals surface area contributed by atoms with Gasteiger partial charge in [0.25, 0.3) is 5.91 Å². The highest BCUT2D eigenvalue weighted by Gasteiger charge is 2.34. The van der Waals surface area contributed by atoms with Crippen LogP contribution < -0.4 is 0 Å². The fraction of sp³-hybridized carbons (Fsp3) is 0.583. The first kappa shape index (κ1) is 11.6. The van der Waals surface area contributed by atoms with Gasteiger partial charge in [-0.2, -0.15) is 0 Å². The molecule has 0 aromatic carbocycles. The number of carbonyl (C=O) groups is 1. The van der Waals surface area contributed by atoms with Crippen molar-refractivity contribution in [1.82, 2.24) is 9.80 Å². The van der Waals surface area contributed by atoms with E-state index in [0.29, 0.717) is 12.0 Å². The molecule has 0 spiro atoms. The van der Waals surface area contributed by atoms with Crippen molar-refractivity contribution in [3.05, 3.63) is 22.4 Å². The van der Waals surface area contributed by atoms with Gasteiger partial charge in [0, 0.05) is 19.1 Å². The number of likely N-dealkylation sites (N-methyl/N-ethyl adjacent to an activating group) is 1. The molecule has 16 heavy (non-hydrogen) atoms. The summed E-state index contributed by atoms with van der Waals surface area (Å²) in [6, 6.07) is 4.32. The van der Waals surface area contributed by atoms with Crippen molar-refractivity contribution in [2.24, 2.45) is 5.92 Å². The van der Waals surface area contributed by atoms with Crippen LogP contribution in [0.4, 0.5) is 0 Å². The maximum atomic E-state index is 12.1. The van der Waals surface area contributed by atoms with Crippen LogP contribution in [-0.2, 0) is 0 Å². The normalized spacial score (nSPS) is 25.4. The average Bonchev–Trinajstić information content (AvgIpc) is 2.84. The fourth-order valence-electron chi connectivity index (χ4n) is 2.34. The van der Waals surface area contributed by atoms with Crippen LogP contribution in [0.15, 0.2) is 17.5 Å². The molecule has 1 aromatic heterocycles. The second kappa shape index (κ2) is 4.55. The van der Waals surface area contributed by atoms with Crippen molar-refractivity contribution in [2.75, 3.05) is 27.2 Å². The highest BCUT2D eigenvalue weighted by Crippen LogP contribution is 2.23. The maximum Gasteiger partial charge on any atom is 0.263 e. The molecule has 1 amide bonds. The zero-order valence-corrected chi connectivity index (χ0v) is 10.8. The summed E-state index contributed by atoms with van der Waals surface area (Å²) in [4.78, 5) is 17.2. The standard InChI is InChI=1S/C12H18N2OS/c1-9-7-14(8-10(9)13(2)3)12(15)11-5-4-6-16-11/h4-6,9-10H,7-8H2,1-3H3. The van der Waals surface area contributed by atoms with Gasteiger partial charge in [0.2, 0.25) is 0 Å². The van der Waals surface area contributed by atoms with Gasteiger partial charge in [-0.05, 0) is 31.5 Å². The Hall–Kier alpha value is -0.870. The van der Waals surface area contributed by atoms with Crippen LogP contribution in [0.2, 0.25) is 0 Å². The van der Waals surface area contributed by atoms with Gasteiger partial charge in [-0.15, -0.1) is 11.3 Å². The van der Waals surface area contributed by atoms with Crippen molar-refractivity contribution in [1.29, 1.82) is 0 Å². The number of thiophene rings is 1. The number of carbonyl (C=O) groups excluding carboxylic acids is 1. The molecule has 2 heterocycles. The molecule has 0 radical (unpaired) electrons. The largest absolute Gasteiger partial charge is 0.336 e. The van der Waals surface area contributed by atoms with Crippen LogP contribution in [0.25, 0.3) is 0 Å². The molecule has 0 saturated carbocycles. The minimum atomic E-state index is 0.186. The second-order valence-electron chi connectivity index (χ2n) is 4.70. The Bertz CT molecular complexity index is 361. The Morgan fingerprint density at radius 1 is 1.50 bits per heavy atom. The van der Waals surface area contributed by atoms with E-state index in [2.05, 4.69) is 25.9 Å². The molecule has 0 N–H and O–H groups in total. The lowest BCUT2D eigenvalue weighted by Crippen LogP contribution is -2.35. The molecule has 1 fully saturated rings. The van der Waals surface area contributed by atoms with Crippen molar-refractivity contribution in [2.45, 2.75) is 13.0 Å². The van der Waals surface area contributed by atoms with Gasteiger partial charge < -0.3 is 9.80 Å². The third-order valence-electron chi connectivity index (χ3n) is 3.26. The summed E-state index contributed by atoms with van der Waals surface area (Å²) < 4.78 is 0. The van der Waals surface area contributed by atoms with Gasteiger partial charge in [0.15, 0.2) is 0 Å². The van der Waals surface area contributed by atoms with Gasteiger partial charge >= 0.3 is 0 Å². The lowest BCUT2D eigenvalue weighted by atomic mass is 10.1. The van der Waals surface area contributed by atoms with Gasteiger partial charge in [0.05, 0.1) is 4.88 Å². The minimum absolute atomic E-state index is 0.186. The molecular weight excluding hydrogens is 220 g/mol. The van der Waals surface area contributed by atoms with Gasteiger partial charge in [-0.3, -0.25) is 4.79 Å². The minimum Gasteiger partial charge on any atom is -0.336 e. The Labute approximate surface area is 101 Å². The molecular formula is C12H18N2OS. The lowest BCUT2D eigenvalue weighted by Gasteiger charge is -2.22. The molecule has 1 saturated heterocycles. The van der Waals surface area contributed by atoms with E-state index in [1.54, 1.807) is 0 Å². The molecule has 88 valence electrons. The first-order valence-corrected chi connectivity index (χ1v) is 6.46. The number of amides is 1. The summed E-state index contributed by atoms with van der Waals surface area (Å²) in [5.74, 6) is 0.741. The monoisotopic (exact) mass is 238 g/mol. The smallest absolute Gasteiger partial charge is 0.263 e. The van der Waals surface area contributed by atoms with Gasteiger partial charge in [0.1, 0.15) is 0 Å². The topological polar surface area (TPSA) is 23.6 Å². The van der Waals surface area contributed by atoms with Gasteiger partial charge in [-0.1, -0.05) is 13.0 Å². The first-order valence-electron chi connectivity index (χ1n) is 5.59. The number of likely N-dealkylation sites (tertiary alicyclic amines) is 1. The van der Waals surface area contributed by atoms with E-state index in [0.717, 1.165) is 18.0 Å². The van der Waals surface area contributed by atoms with Crippen molar-refractivity contribution in [3.63, 3.8) is 0 Å². The van der Waals surface area contributed by atoms with E-state index in [9.17, 15) is 4.79 Å². The number of rotatable bonds is 2. The van der Waals surface area contributed by atoms with Gasteiger partial charge in [-0.25, -0.2) is 0 Å². The van der Waals surface area contributed by atoms with E-state index in [1.165, 1.54) is 11.3 Å². The molecule has 1 aliphatic heterocycles. The predicted molar refractivity (Wildman–Crippen MR) is 66.9 cm³/mol. The Morgan fingerprint density at radius 3 is 2.75 bits per heavy atom. The zero-order chi connectivity index (χ0) is 11.7. The molecule has 3 nitrogen and oxygen atoms in total. The summed E-state index contributed by atoms with van der Waals surface area (Å²) in [6.45, 7) is 3.94. The summed E-state index contributed by atoms with van der Waals surface area (Å²) >= 11 is 1.52. The van der Waals surface area contributed by atoms with E-state index in [-0.39, 0.29) is 5.91 Å². The van der Waals surface area contributed by atoms with Crippen LogP contribution in [0.3, 0.4) is 0 Å². The molecule has 2 unspecified atom stereocenters. The molecule has 0 aliphatic carbocycles. The third kappa shape index (κ3) is 2.13. The Balaban J connectivity index is 2.06. The summed E-state index contributed by atoms with van der Waals surface area (Å²) in [5.41, 5.74) is 0. The van der Waals surface area contributed by atoms with E-state index < -0.39 is 0 Å². The van der Waals surface area contributed by atoms with E-state index in [1.807, 2.05) is 22.4 Å². The van der Waals surface area contributed by atoms with Crippen molar-refractivity contribution >= 4 is 17.2 Å². The van der Waals surface area contributed by atoms with E-state index >= 15 is 0 Å². The number of hydrogen-bond acceptors (Lipinski definition) is 3. The zero-order valence-electron chi connectivity index (χ0n) is 10.0. The lowest BCUT2D eigenvalue weighted by molar-refractivity contribution is 0.0786. The Kier molecular flexibility index (Phi) is 3.30. The summed E-state index contributed by atoms with van der Waals surface area (Å²) in [5, 5.41) is 1.95. The highest BCUT2D eigenvalue weighted by molar-refractivity contribution is 7.12. The molecule has 2 rings (SSSR count). The third-order valence-corrected chi connectivity index (χ3v) is 4.11. The molecule has 0 bridgehead atoms. The maximum absolute atomic E-state index is 12.1.